The molecule has 2 aliphatic rings. The monoisotopic (exact) mass is 542 g/mol. The van der Waals surface area contributed by atoms with E-state index in [0.29, 0.717) is 46.3 Å². The Balaban J connectivity index is 1.53. The number of thiazole rings is 1. The molecule has 2 aliphatic heterocycles. The molecule has 1 aromatic heterocycles. The van der Waals surface area contributed by atoms with E-state index < -0.39 is 17.7 Å². The normalized spacial score (nSPS) is 19.8. The summed E-state index contributed by atoms with van der Waals surface area (Å²) in [7, 11) is 1.58. The number of nitrogens with zero attached hydrogens (tertiary/aromatic N) is 2. The highest BCUT2D eigenvalue weighted by Gasteiger charge is 2.48. The summed E-state index contributed by atoms with van der Waals surface area (Å²) in [4.78, 5) is 33.2. The van der Waals surface area contributed by atoms with Gasteiger partial charge in [-0.3, -0.25) is 14.5 Å². The van der Waals surface area contributed by atoms with Crippen molar-refractivity contribution < 1.29 is 28.9 Å². The summed E-state index contributed by atoms with van der Waals surface area (Å²) in [6.45, 7) is 4.32. The van der Waals surface area contributed by atoms with Gasteiger partial charge in [-0.15, -0.1) is 0 Å². The molecule has 198 valence electrons. The van der Waals surface area contributed by atoms with Crippen LogP contribution in [0.4, 0.5) is 5.13 Å². The largest absolute Gasteiger partial charge is 0.507 e. The fraction of sp³-hybridized carbons (Fsp3) is 0.233. The molecule has 8 nitrogen and oxygen atoms in total. The average molecular weight is 543 g/mol. The molecule has 2 atom stereocenters. The number of ether oxygens (including phenoxy) is 3. The molecule has 39 heavy (non-hydrogen) atoms. The van der Waals surface area contributed by atoms with E-state index in [4.69, 9.17) is 14.2 Å². The van der Waals surface area contributed by atoms with Crippen LogP contribution in [-0.4, -0.2) is 41.6 Å². The molecule has 6 rings (SSSR count). The number of carbonyl (C=O) groups excluding carboxylic acids is 2. The Labute approximate surface area is 229 Å². The van der Waals surface area contributed by atoms with Crippen molar-refractivity contribution in [2.24, 2.45) is 0 Å². The Hall–Kier alpha value is -4.37. The maximum Gasteiger partial charge on any atom is 0.301 e. The van der Waals surface area contributed by atoms with Crippen molar-refractivity contribution in [3.63, 3.8) is 0 Å². The molecule has 0 aliphatic carbocycles. The van der Waals surface area contributed by atoms with E-state index in [2.05, 4.69) is 4.98 Å². The third kappa shape index (κ3) is 4.28. The van der Waals surface area contributed by atoms with Crippen LogP contribution < -0.4 is 19.1 Å². The molecule has 0 saturated carbocycles. The van der Waals surface area contributed by atoms with Gasteiger partial charge in [0.1, 0.15) is 29.1 Å². The van der Waals surface area contributed by atoms with Crippen LogP contribution in [0.15, 0.2) is 66.2 Å². The van der Waals surface area contributed by atoms with E-state index in [1.54, 1.807) is 37.4 Å². The van der Waals surface area contributed by atoms with Gasteiger partial charge in [-0.2, -0.15) is 0 Å². The van der Waals surface area contributed by atoms with Crippen LogP contribution in [0.3, 0.4) is 0 Å². The summed E-state index contributed by atoms with van der Waals surface area (Å²) in [5, 5.41) is 11.9. The number of aromatic nitrogens is 1. The first kappa shape index (κ1) is 24.9. The number of Topliss-reactive ketones (excluding diaryl/α,β-unsaturated/α-hetero) is 1. The first-order valence-corrected chi connectivity index (χ1v) is 13.5. The van der Waals surface area contributed by atoms with E-state index >= 15 is 0 Å². The zero-order valence-electron chi connectivity index (χ0n) is 21.6. The average Bonchev–Trinajstić information content (AvgIpc) is 3.60. The summed E-state index contributed by atoms with van der Waals surface area (Å²) in [6, 6.07) is 17.1. The summed E-state index contributed by atoms with van der Waals surface area (Å²) < 4.78 is 17.6. The fourth-order valence-corrected chi connectivity index (χ4v) is 6.15. The minimum absolute atomic E-state index is 0.00241. The van der Waals surface area contributed by atoms with Crippen LogP contribution in [0.5, 0.6) is 17.2 Å². The number of hydrogen-bond acceptors (Lipinski definition) is 8. The minimum atomic E-state index is -0.906. The number of methoxy groups -OCH3 is 1. The highest BCUT2D eigenvalue weighted by atomic mass is 32.1. The van der Waals surface area contributed by atoms with Crippen molar-refractivity contribution in [1.82, 2.24) is 4.98 Å². The molecule has 9 heteroatoms. The lowest BCUT2D eigenvalue weighted by Gasteiger charge is -2.23. The van der Waals surface area contributed by atoms with Crippen molar-refractivity contribution in [1.29, 1.82) is 0 Å². The summed E-state index contributed by atoms with van der Waals surface area (Å²) in [6.07, 6.45) is 0.724. The topological polar surface area (TPSA) is 98.2 Å². The Morgan fingerprint density at radius 3 is 2.77 bits per heavy atom. The van der Waals surface area contributed by atoms with Crippen molar-refractivity contribution in [2.75, 3.05) is 18.6 Å². The molecular weight excluding hydrogens is 516 g/mol. The number of carbonyl (C=O) groups is 2. The van der Waals surface area contributed by atoms with Crippen LogP contribution in [0, 0.1) is 0 Å². The van der Waals surface area contributed by atoms with Crippen LogP contribution in [0.2, 0.25) is 0 Å². The maximum atomic E-state index is 13.6. The van der Waals surface area contributed by atoms with E-state index in [0.717, 1.165) is 16.0 Å². The number of aliphatic hydroxyl groups is 1. The second kappa shape index (κ2) is 9.74. The molecule has 4 aromatic rings. The van der Waals surface area contributed by atoms with E-state index in [1.165, 1.54) is 16.2 Å². The number of amides is 1. The predicted molar refractivity (Wildman–Crippen MR) is 149 cm³/mol. The molecule has 0 spiro atoms. The molecule has 0 bridgehead atoms. The van der Waals surface area contributed by atoms with Crippen molar-refractivity contribution >= 4 is 44.1 Å². The molecule has 3 heterocycles. The summed E-state index contributed by atoms with van der Waals surface area (Å²) >= 11 is 1.28. The Bertz CT molecular complexity index is 1660. The van der Waals surface area contributed by atoms with Crippen molar-refractivity contribution in [2.45, 2.75) is 32.4 Å². The molecule has 1 amide bonds. The van der Waals surface area contributed by atoms with Crippen LogP contribution >= 0.6 is 11.3 Å². The minimum Gasteiger partial charge on any atom is -0.507 e. The standard InChI is InChI=1S/C30H26N2O6S/c1-4-37-21-7-5-6-17(14-21)26-25(27(33)18-8-11-23-19(13-18)12-16(2)38-23)28(34)29(35)32(26)30-31-22-10-9-20(36-3)15-24(22)39-30/h5-11,13-16,26,33H,4,12H2,1-3H3/b27-25-. The molecule has 1 saturated heterocycles. The SMILES string of the molecule is CCOc1cccc(C2/C(=C(/O)c3ccc4c(c3)CC(C)O4)C(=O)C(=O)N2c2nc3ccc(OC)cc3s2)c1. The lowest BCUT2D eigenvalue weighted by molar-refractivity contribution is -0.132. The first-order valence-electron chi connectivity index (χ1n) is 12.7. The van der Waals surface area contributed by atoms with Gasteiger partial charge >= 0.3 is 5.91 Å². The maximum absolute atomic E-state index is 13.6. The quantitative estimate of drug-likeness (QED) is 0.191. The smallest absolute Gasteiger partial charge is 0.301 e. The number of aliphatic hydroxyl groups excluding tert-OH is 1. The van der Waals surface area contributed by atoms with Crippen LogP contribution in [0.25, 0.3) is 16.0 Å². The van der Waals surface area contributed by atoms with E-state index in [9.17, 15) is 14.7 Å². The highest BCUT2D eigenvalue weighted by molar-refractivity contribution is 7.22. The van der Waals surface area contributed by atoms with Crippen LogP contribution in [0.1, 0.15) is 36.6 Å². The van der Waals surface area contributed by atoms with Gasteiger partial charge in [0.15, 0.2) is 5.13 Å². The second-order valence-corrected chi connectivity index (χ2v) is 10.5. The van der Waals surface area contributed by atoms with Crippen LogP contribution in [-0.2, 0) is 16.0 Å². The second-order valence-electron chi connectivity index (χ2n) is 9.46. The zero-order chi connectivity index (χ0) is 27.3. The van der Waals surface area contributed by atoms with E-state index in [1.807, 2.05) is 44.2 Å². The van der Waals surface area contributed by atoms with Gasteiger partial charge < -0.3 is 19.3 Å². The predicted octanol–water partition coefficient (Wildman–Crippen LogP) is 5.65. The number of fused-ring (bicyclic) bond motifs is 2. The molecule has 1 N–H and O–H groups in total. The molecular formula is C30H26N2O6S. The van der Waals surface area contributed by atoms with Gasteiger partial charge in [0.05, 0.1) is 35.5 Å². The number of rotatable bonds is 6. The molecule has 3 aromatic carbocycles. The third-order valence-corrected chi connectivity index (χ3v) is 7.91. The van der Waals surface area contributed by atoms with Gasteiger partial charge in [0.2, 0.25) is 0 Å². The van der Waals surface area contributed by atoms with Gasteiger partial charge in [-0.1, -0.05) is 23.5 Å². The Kier molecular flexibility index (Phi) is 6.23. The van der Waals surface area contributed by atoms with Gasteiger partial charge in [-0.25, -0.2) is 4.98 Å². The Morgan fingerprint density at radius 2 is 1.97 bits per heavy atom. The summed E-state index contributed by atoms with van der Waals surface area (Å²) in [5.41, 5.74) is 2.68. The number of ketones is 1. The molecule has 0 radical (unpaired) electrons. The van der Waals surface area contributed by atoms with E-state index in [-0.39, 0.29) is 17.4 Å². The first-order chi connectivity index (χ1) is 18.9. The van der Waals surface area contributed by atoms with Gasteiger partial charge in [-0.05, 0) is 73.5 Å². The highest BCUT2D eigenvalue weighted by Crippen LogP contribution is 2.45. The van der Waals surface area contributed by atoms with Crippen molar-refractivity contribution in [3.05, 3.63) is 82.9 Å². The zero-order valence-corrected chi connectivity index (χ0v) is 22.5. The summed E-state index contributed by atoms with van der Waals surface area (Å²) in [5.74, 6) is 0.237. The van der Waals surface area contributed by atoms with Gasteiger partial charge in [0, 0.05) is 12.0 Å². The third-order valence-electron chi connectivity index (χ3n) is 6.89. The molecule has 2 unspecified atom stereocenters. The number of benzene rings is 3. The molecule has 1 fully saturated rings. The Morgan fingerprint density at radius 1 is 1.13 bits per heavy atom. The number of hydrogen-bond donors (Lipinski definition) is 1. The fourth-order valence-electron chi connectivity index (χ4n) is 5.13. The lowest BCUT2D eigenvalue weighted by atomic mass is 9.94. The van der Waals surface area contributed by atoms with Crippen molar-refractivity contribution in [3.8, 4) is 17.2 Å². The van der Waals surface area contributed by atoms with Gasteiger partial charge in [0.25, 0.3) is 5.78 Å². The number of anilines is 1. The lowest BCUT2D eigenvalue weighted by Crippen LogP contribution is -2.29.